The topological polar surface area (TPSA) is 0 Å². The van der Waals surface area contributed by atoms with Crippen LogP contribution in [0.2, 0.25) is 0 Å². The fraction of sp³-hybridized carbons (Fsp3) is 0.333. The Bertz CT molecular complexity index is 22.1. The van der Waals surface area contributed by atoms with Crippen LogP contribution in [0.4, 0.5) is 4.39 Å². The Morgan fingerprint density at radius 2 is 1.80 bits per heavy atom. The minimum atomic E-state index is 0. The molecule has 0 atom stereocenters. The zero-order valence-electron chi connectivity index (χ0n) is 2.53. The van der Waals surface area contributed by atoms with E-state index in [0.717, 1.165) is 0 Å². The standard InChI is InChI=1S/C3H5F.Na.H/c1-2-3-4;;/h2-3H,1H3;;. The molecule has 0 N–H and O–H groups in total. The van der Waals surface area contributed by atoms with Crippen molar-refractivity contribution in [2.75, 3.05) is 0 Å². The molecule has 5 heavy (non-hydrogen) atoms. The molecule has 0 heterocycles. The second kappa shape index (κ2) is 8.82. The van der Waals surface area contributed by atoms with Gasteiger partial charge in [0.1, 0.15) is 0 Å². The van der Waals surface area contributed by atoms with E-state index in [-0.39, 0.29) is 29.6 Å². The Labute approximate surface area is 53.4 Å². The van der Waals surface area contributed by atoms with Crippen LogP contribution in [0.3, 0.4) is 0 Å². The maximum atomic E-state index is 10.5. The zero-order chi connectivity index (χ0) is 3.41. The summed E-state index contributed by atoms with van der Waals surface area (Å²) in [5.74, 6) is 0. The van der Waals surface area contributed by atoms with Crippen molar-refractivity contribution in [3.63, 3.8) is 0 Å². The Balaban J connectivity index is 0. The summed E-state index contributed by atoms with van der Waals surface area (Å²) in [4.78, 5) is 0. The Morgan fingerprint density at radius 3 is 1.80 bits per heavy atom. The molecule has 0 saturated heterocycles. The molecule has 0 radical (unpaired) electrons. The Morgan fingerprint density at radius 1 is 1.60 bits per heavy atom. The Kier molecular flexibility index (Phi) is 16.2. The first kappa shape index (κ1) is 9.18. The van der Waals surface area contributed by atoms with Gasteiger partial charge in [-0.15, -0.1) is 0 Å². The molecule has 0 aromatic carbocycles. The summed E-state index contributed by atoms with van der Waals surface area (Å²) >= 11 is 0. The van der Waals surface area contributed by atoms with Gasteiger partial charge in [-0.2, -0.15) is 0 Å². The molecule has 0 bridgehead atoms. The summed E-state index contributed by atoms with van der Waals surface area (Å²) in [5, 5.41) is 0. The van der Waals surface area contributed by atoms with Crippen molar-refractivity contribution in [2.24, 2.45) is 0 Å². The van der Waals surface area contributed by atoms with E-state index in [0.29, 0.717) is 6.33 Å². The predicted molar refractivity (Wildman–Crippen MR) is 23.1 cm³/mol. The van der Waals surface area contributed by atoms with Crippen molar-refractivity contribution >= 4 is 29.6 Å². The molecule has 0 unspecified atom stereocenters. The molecule has 0 aliphatic heterocycles. The van der Waals surface area contributed by atoms with Gasteiger partial charge in [-0.05, 0) is 6.92 Å². The quantitative estimate of drug-likeness (QED) is 0.381. The van der Waals surface area contributed by atoms with Crippen LogP contribution in [0.1, 0.15) is 6.92 Å². The van der Waals surface area contributed by atoms with E-state index in [1.54, 1.807) is 6.92 Å². The average Bonchev–Trinajstić information content (AvgIpc) is 1.37. The van der Waals surface area contributed by atoms with Crippen LogP contribution >= 0.6 is 0 Å². The van der Waals surface area contributed by atoms with Crippen molar-refractivity contribution in [2.45, 2.75) is 6.92 Å². The third-order valence-corrected chi connectivity index (χ3v) is 0.126. The molecule has 2 heteroatoms. The minimum absolute atomic E-state index is 0. The van der Waals surface area contributed by atoms with Gasteiger partial charge in [-0.1, -0.05) is 6.08 Å². The summed E-state index contributed by atoms with van der Waals surface area (Å²) in [6.07, 6.45) is 1.83. The number of halogens is 1. The Hall–Kier alpha value is 0.670. The molecule has 0 aliphatic rings. The van der Waals surface area contributed by atoms with E-state index in [1.165, 1.54) is 6.08 Å². The third-order valence-electron chi connectivity index (χ3n) is 0.126. The number of rotatable bonds is 0. The van der Waals surface area contributed by atoms with Crippen molar-refractivity contribution in [3.8, 4) is 0 Å². The van der Waals surface area contributed by atoms with E-state index in [9.17, 15) is 4.39 Å². The summed E-state index contributed by atoms with van der Waals surface area (Å²) in [7, 11) is 0. The molecule has 0 amide bonds. The first-order chi connectivity index (χ1) is 1.91. The molecular weight excluding hydrogens is 78.0 g/mol. The first-order valence-electron chi connectivity index (χ1n) is 1.13. The van der Waals surface area contributed by atoms with Crippen LogP contribution in [0, 0.1) is 0 Å². The van der Waals surface area contributed by atoms with Gasteiger partial charge >= 0.3 is 29.6 Å². The summed E-state index contributed by atoms with van der Waals surface area (Å²) in [6.45, 7) is 1.62. The van der Waals surface area contributed by atoms with Crippen LogP contribution in [-0.4, -0.2) is 29.6 Å². The van der Waals surface area contributed by atoms with Gasteiger partial charge in [0.15, 0.2) is 0 Å². The molecule has 0 aliphatic carbocycles. The molecule has 0 saturated carbocycles. The number of hydrogen-bond donors (Lipinski definition) is 0. The van der Waals surface area contributed by atoms with Gasteiger partial charge in [-0.3, -0.25) is 0 Å². The molecule has 0 nitrogen and oxygen atoms in total. The number of hydrogen-bond acceptors (Lipinski definition) is 0. The van der Waals surface area contributed by atoms with Gasteiger partial charge < -0.3 is 0 Å². The van der Waals surface area contributed by atoms with E-state index in [4.69, 9.17) is 0 Å². The molecule has 0 aromatic rings. The molecule has 0 rings (SSSR count). The van der Waals surface area contributed by atoms with Crippen molar-refractivity contribution in [1.82, 2.24) is 0 Å². The number of allylic oxidation sites excluding steroid dienone is 1. The maximum absolute atomic E-state index is 10.5. The van der Waals surface area contributed by atoms with E-state index >= 15 is 0 Å². The van der Waals surface area contributed by atoms with Crippen molar-refractivity contribution in [3.05, 3.63) is 12.4 Å². The fourth-order valence-electron chi connectivity index (χ4n) is 0. The molecular formula is C3H6FNa. The van der Waals surface area contributed by atoms with Gasteiger partial charge in [0.25, 0.3) is 0 Å². The molecule has 0 spiro atoms. The zero-order valence-corrected chi connectivity index (χ0v) is 2.53. The van der Waals surface area contributed by atoms with Crippen molar-refractivity contribution < 1.29 is 4.39 Å². The summed E-state index contributed by atoms with van der Waals surface area (Å²) in [5.41, 5.74) is 0. The van der Waals surface area contributed by atoms with E-state index in [2.05, 4.69) is 0 Å². The van der Waals surface area contributed by atoms with Crippen LogP contribution in [0.5, 0.6) is 0 Å². The summed E-state index contributed by atoms with van der Waals surface area (Å²) in [6, 6.07) is 0. The molecule has 0 fully saturated rings. The van der Waals surface area contributed by atoms with Gasteiger partial charge in [0.2, 0.25) is 0 Å². The van der Waals surface area contributed by atoms with Crippen LogP contribution in [-0.2, 0) is 0 Å². The normalized spacial score (nSPS) is 7.60. The summed E-state index contributed by atoms with van der Waals surface area (Å²) < 4.78 is 10.5. The van der Waals surface area contributed by atoms with E-state index < -0.39 is 0 Å². The fourth-order valence-corrected chi connectivity index (χ4v) is 0. The van der Waals surface area contributed by atoms with Crippen LogP contribution in [0.15, 0.2) is 12.4 Å². The van der Waals surface area contributed by atoms with Gasteiger partial charge in [-0.25, -0.2) is 4.39 Å². The van der Waals surface area contributed by atoms with Gasteiger partial charge in [0.05, 0.1) is 6.33 Å². The van der Waals surface area contributed by atoms with E-state index in [1.807, 2.05) is 0 Å². The molecule has 26 valence electrons. The predicted octanol–water partition coefficient (Wildman–Crippen LogP) is 0.841. The monoisotopic (exact) mass is 84.0 g/mol. The second-order valence-electron chi connectivity index (χ2n) is 0.459. The second-order valence-corrected chi connectivity index (χ2v) is 0.459. The van der Waals surface area contributed by atoms with Gasteiger partial charge in [0, 0.05) is 0 Å². The van der Waals surface area contributed by atoms with Crippen LogP contribution in [0.25, 0.3) is 0 Å². The first-order valence-corrected chi connectivity index (χ1v) is 1.13. The SMILES string of the molecule is CC=CF.[NaH]. The average molecular weight is 84.1 g/mol. The molecule has 0 aromatic heterocycles. The van der Waals surface area contributed by atoms with Crippen LogP contribution < -0.4 is 0 Å². The van der Waals surface area contributed by atoms with Crippen molar-refractivity contribution in [1.29, 1.82) is 0 Å². The third kappa shape index (κ3) is 11.9.